The molecular formula is C13H23N3. The molecule has 3 nitrogen and oxygen atoms in total. The van der Waals surface area contributed by atoms with Gasteiger partial charge in [-0.3, -0.25) is 0 Å². The molecule has 16 heavy (non-hydrogen) atoms. The molecule has 90 valence electrons. The van der Waals surface area contributed by atoms with E-state index in [-0.39, 0.29) is 0 Å². The molecule has 0 unspecified atom stereocenters. The predicted molar refractivity (Wildman–Crippen MR) is 69.5 cm³/mol. The van der Waals surface area contributed by atoms with E-state index in [0.29, 0.717) is 12.0 Å². The van der Waals surface area contributed by atoms with E-state index in [1.165, 1.54) is 5.56 Å². The van der Waals surface area contributed by atoms with E-state index in [0.717, 1.165) is 18.9 Å². The summed E-state index contributed by atoms with van der Waals surface area (Å²) >= 11 is 0. The molecule has 0 fully saturated rings. The van der Waals surface area contributed by atoms with Crippen molar-refractivity contribution >= 4 is 5.82 Å². The fraction of sp³-hybridized carbons (Fsp3) is 0.615. The fourth-order valence-electron chi connectivity index (χ4n) is 1.26. The van der Waals surface area contributed by atoms with Gasteiger partial charge in [0.2, 0.25) is 0 Å². The number of hydrogen-bond donors (Lipinski definition) is 2. The molecule has 0 spiro atoms. The van der Waals surface area contributed by atoms with Crippen molar-refractivity contribution in [3.05, 3.63) is 23.9 Å². The Hall–Kier alpha value is -1.09. The maximum atomic E-state index is 4.38. The van der Waals surface area contributed by atoms with Gasteiger partial charge in [-0.1, -0.05) is 33.8 Å². The minimum atomic E-state index is 0.513. The molecule has 2 N–H and O–H groups in total. The SMILES string of the molecule is CC(C)CNc1ccc(CNC(C)C)cn1. The Morgan fingerprint density at radius 2 is 1.94 bits per heavy atom. The molecule has 0 saturated carbocycles. The van der Waals surface area contributed by atoms with E-state index >= 15 is 0 Å². The summed E-state index contributed by atoms with van der Waals surface area (Å²) in [6.45, 7) is 10.5. The maximum Gasteiger partial charge on any atom is 0.125 e. The molecule has 0 radical (unpaired) electrons. The summed E-state index contributed by atoms with van der Waals surface area (Å²) in [7, 11) is 0. The molecule has 0 aliphatic heterocycles. The highest BCUT2D eigenvalue weighted by atomic mass is 15.0. The number of hydrogen-bond acceptors (Lipinski definition) is 3. The van der Waals surface area contributed by atoms with Gasteiger partial charge in [-0.2, -0.15) is 0 Å². The average molecular weight is 221 g/mol. The van der Waals surface area contributed by atoms with Crippen LogP contribution in [0, 0.1) is 5.92 Å². The lowest BCUT2D eigenvalue weighted by Crippen LogP contribution is -2.21. The van der Waals surface area contributed by atoms with Gasteiger partial charge >= 0.3 is 0 Å². The number of rotatable bonds is 6. The van der Waals surface area contributed by atoms with E-state index in [1.807, 2.05) is 12.3 Å². The van der Waals surface area contributed by atoms with Gasteiger partial charge in [0.15, 0.2) is 0 Å². The highest BCUT2D eigenvalue weighted by Crippen LogP contribution is 2.06. The molecule has 0 atom stereocenters. The first-order valence-corrected chi connectivity index (χ1v) is 6.00. The van der Waals surface area contributed by atoms with Crippen LogP contribution in [-0.4, -0.2) is 17.6 Å². The number of anilines is 1. The van der Waals surface area contributed by atoms with Crippen molar-refractivity contribution < 1.29 is 0 Å². The van der Waals surface area contributed by atoms with Crippen LogP contribution in [0.1, 0.15) is 33.3 Å². The molecule has 0 aromatic carbocycles. The number of nitrogens with one attached hydrogen (secondary N) is 2. The lowest BCUT2D eigenvalue weighted by molar-refractivity contribution is 0.588. The van der Waals surface area contributed by atoms with Crippen LogP contribution in [0.4, 0.5) is 5.82 Å². The van der Waals surface area contributed by atoms with Gasteiger partial charge < -0.3 is 10.6 Å². The zero-order chi connectivity index (χ0) is 12.0. The van der Waals surface area contributed by atoms with Gasteiger partial charge in [0.25, 0.3) is 0 Å². The topological polar surface area (TPSA) is 37.0 Å². The van der Waals surface area contributed by atoms with Crippen LogP contribution >= 0.6 is 0 Å². The second-order valence-electron chi connectivity index (χ2n) is 4.86. The lowest BCUT2D eigenvalue weighted by atomic mass is 10.2. The van der Waals surface area contributed by atoms with Gasteiger partial charge in [-0.15, -0.1) is 0 Å². The smallest absolute Gasteiger partial charge is 0.125 e. The van der Waals surface area contributed by atoms with Crippen molar-refractivity contribution in [3.63, 3.8) is 0 Å². The normalized spacial score (nSPS) is 11.1. The summed E-state index contributed by atoms with van der Waals surface area (Å²) in [6.07, 6.45) is 1.93. The van der Waals surface area contributed by atoms with E-state index in [1.54, 1.807) is 0 Å². The largest absolute Gasteiger partial charge is 0.370 e. The second kappa shape index (κ2) is 6.48. The first-order valence-electron chi connectivity index (χ1n) is 6.00. The maximum absolute atomic E-state index is 4.38. The van der Waals surface area contributed by atoms with Crippen LogP contribution in [0.15, 0.2) is 18.3 Å². The zero-order valence-corrected chi connectivity index (χ0v) is 10.7. The number of nitrogens with zero attached hydrogens (tertiary/aromatic N) is 1. The quantitative estimate of drug-likeness (QED) is 0.775. The predicted octanol–water partition coefficient (Wildman–Crippen LogP) is 2.65. The average Bonchev–Trinajstić information content (AvgIpc) is 2.25. The lowest BCUT2D eigenvalue weighted by Gasteiger charge is -2.10. The molecule has 1 aromatic heterocycles. The van der Waals surface area contributed by atoms with Crippen molar-refractivity contribution in [2.45, 2.75) is 40.3 Å². The first-order chi connectivity index (χ1) is 7.58. The molecule has 1 heterocycles. The van der Waals surface area contributed by atoms with Gasteiger partial charge in [-0.05, 0) is 17.5 Å². The number of aromatic nitrogens is 1. The van der Waals surface area contributed by atoms with Crippen molar-refractivity contribution in [1.82, 2.24) is 10.3 Å². The monoisotopic (exact) mass is 221 g/mol. The van der Waals surface area contributed by atoms with Crippen LogP contribution in [0.3, 0.4) is 0 Å². The summed E-state index contributed by atoms with van der Waals surface area (Å²) in [4.78, 5) is 4.38. The van der Waals surface area contributed by atoms with E-state index in [4.69, 9.17) is 0 Å². The fourth-order valence-corrected chi connectivity index (χ4v) is 1.26. The van der Waals surface area contributed by atoms with Gasteiger partial charge in [0.1, 0.15) is 5.82 Å². The third-order valence-corrected chi connectivity index (χ3v) is 2.23. The van der Waals surface area contributed by atoms with E-state index < -0.39 is 0 Å². The Morgan fingerprint density at radius 3 is 2.44 bits per heavy atom. The standard InChI is InChI=1S/C13H23N3/c1-10(2)7-15-13-6-5-12(9-16-13)8-14-11(3)4/h5-6,9-11,14H,7-8H2,1-4H3,(H,15,16). The van der Waals surface area contributed by atoms with Crippen LogP contribution < -0.4 is 10.6 Å². The summed E-state index contributed by atoms with van der Waals surface area (Å²) in [5, 5.41) is 6.68. The van der Waals surface area contributed by atoms with Crippen LogP contribution in [0.5, 0.6) is 0 Å². The molecule has 0 amide bonds. The minimum absolute atomic E-state index is 0.513. The Kier molecular flexibility index (Phi) is 5.26. The van der Waals surface area contributed by atoms with Crippen LogP contribution in [-0.2, 0) is 6.54 Å². The van der Waals surface area contributed by atoms with E-state index in [9.17, 15) is 0 Å². The Bertz CT molecular complexity index is 260. The number of pyridine rings is 1. The first kappa shape index (κ1) is 13.0. The third-order valence-electron chi connectivity index (χ3n) is 2.23. The Morgan fingerprint density at radius 1 is 1.19 bits per heavy atom. The highest BCUT2D eigenvalue weighted by molar-refractivity contribution is 5.35. The Labute approximate surface area is 98.7 Å². The molecular weight excluding hydrogens is 198 g/mol. The van der Waals surface area contributed by atoms with Crippen LogP contribution in [0.2, 0.25) is 0 Å². The summed E-state index contributed by atoms with van der Waals surface area (Å²) in [5.74, 6) is 1.60. The third kappa shape index (κ3) is 5.12. The Balaban J connectivity index is 2.41. The zero-order valence-electron chi connectivity index (χ0n) is 10.7. The highest BCUT2D eigenvalue weighted by Gasteiger charge is 1.98. The molecule has 0 bridgehead atoms. The van der Waals surface area contributed by atoms with E-state index in [2.05, 4.69) is 49.4 Å². The second-order valence-corrected chi connectivity index (χ2v) is 4.86. The summed E-state index contributed by atoms with van der Waals surface area (Å²) < 4.78 is 0. The summed E-state index contributed by atoms with van der Waals surface area (Å²) in [6, 6.07) is 4.67. The molecule has 0 aliphatic carbocycles. The van der Waals surface area contributed by atoms with Gasteiger partial charge in [0, 0.05) is 25.3 Å². The molecule has 3 heteroatoms. The molecule has 1 rings (SSSR count). The van der Waals surface area contributed by atoms with Gasteiger partial charge in [-0.25, -0.2) is 4.98 Å². The summed E-state index contributed by atoms with van der Waals surface area (Å²) in [5.41, 5.74) is 1.23. The molecule has 0 aliphatic rings. The van der Waals surface area contributed by atoms with Crippen molar-refractivity contribution in [2.24, 2.45) is 5.92 Å². The van der Waals surface area contributed by atoms with Crippen molar-refractivity contribution in [1.29, 1.82) is 0 Å². The van der Waals surface area contributed by atoms with Crippen molar-refractivity contribution in [2.75, 3.05) is 11.9 Å². The van der Waals surface area contributed by atoms with Crippen LogP contribution in [0.25, 0.3) is 0 Å². The van der Waals surface area contributed by atoms with Gasteiger partial charge in [0.05, 0.1) is 0 Å². The van der Waals surface area contributed by atoms with Crippen molar-refractivity contribution in [3.8, 4) is 0 Å². The minimum Gasteiger partial charge on any atom is -0.370 e. The molecule has 0 saturated heterocycles. The molecule has 1 aromatic rings.